The molecule has 38 heavy (non-hydrogen) atoms. The van der Waals surface area contributed by atoms with Crippen LogP contribution < -0.4 is 15.8 Å². The van der Waals surface area contributed by atoms with Gasteiger partial charge in [-0.25, -0.2) is 15.0 Å². The lowest BCUT2D eigenvalue weighted by molar-refractivity contribution is -0.117. The number of nitrogen functional groups attached to an aromatic ring is 1. The Balaban J connectivity index is 1.17. The Labute approximate surface area is 219 Å². The molecule has 2 atom stereocenters. The Kier molecular flexibility index (Phi) is 5.95. The normalized spacial score (nSPS) is 16.4. The fourth-order valence-corrected chi connectivity index (χ4v) is 4.84. The number of ether oxygens (including phenoxy) is 1. The molecule has 190 valence electrons. The summed E-state index contributed by atoms with van der Waals surface area (Å²) < 4.78 is 7.35. The van der Waals surface area contributed by atoms with Gasteiger partial charge in [0.1, 0.15) is 17.4 Å². The van der Waals surface area contributed by atoms with Gasteiger partial charge in [-0.2, -0.15) is 0 Å². The van der Waals surface area contributed by atoms with E-state index in [1.807, 2.05) is 61.9 Å². The number of benzene rings is 1. The van der Waals surface area contributed by atoms with Crippen LogP contribution in [0.2, 0.25) is 0 Å². The third kappa shape index (κ3) is 4.54. The smallest absolute Gasteiger partial charge is 0.229 e. The molecule has 0 aliphatic heterocycles. The average Bonchev–Trinajstić information content (AvgIpc) is 3.60. The SMILES string of the molecule is COc1ccc(Cn2cncc2C2CC2C(=O)Nc2cc3cc(-c4cnccc4C)nc(N)c3cn2)cc1. The largest absolute Gasteiger partial charge is 0.497 e. The third-order valence-electron chi connectivity index (χ3n) is 7.07. The molecule has 0 radical (unpaired) electrons. The number of nitrogens with zero attached hydrogens (tertiary/aromatic N) is 5. The van der Waals surface area contributed by atoms with Gasteiger partial charge < -0.3 is 20.4 Å². The van der Waals surface area contributed by atoms with Crippen molar-refractivity contribution >= 4 is 28.3 Å². The topological polar surface area (TPSA) is 121 Å². The van der Waals surface area contributed by atoms with E-state index in [0.717, 1.165) is 51.0 Å². The van der Waals surface area contributed by atoms with E-state index in [-0.39, 0.29) is 17.7 Å². The summed E-state index contributed by atoms with van der Waals surface area (Å²) in [7, 11) is 1.65. The molecule has 2 unspecified atom stereocenters. The van der Waals surface area contributed by atoms with E-state index in [1.54, 1.807) is 25.7 Å². The van der Waals surface area contributed by atoms with Crippen LogP contribution in [0, 0.1) is 12.8 Å². The van der Waals surface area contributed by atoms with Gasteiger partial charge in [-0.3, -0.25) is 9.78 Å². The lowest BCUT2D eigenvalue weighted by atomic mass is 10.1. The molecule has 6 rings (SSSR count). The molecule has 5 aromatic rings. The van der Waals surface area contributed by atoms with Crippen molar-refractivity contribution < 1.29 is 9.53 Å². The van der Waals surface area contributed by atoms with Gasteiger partial charge in [0.25, 0.3) is 0 Å². The van der Waals surface area contributed by atoms with Crippen molar-refractivity contribution in [2.45, 2.75) is 25.8 Å². The number of anilines is 2. The van der Waals surface area contributed by atoms with E-state index in [4.69, 9.17) is 10.5 Å². The van der Waals surface area contributed by atoms with Crippen LogP contribution >= 0.6 is 0 Å². The monoisotopic (exact) mass is 505 g/mol. The summed E-state index contributed by atoms with van der Waals surface area (Å²) in [6, 6.07) is 13.7. The van der Waals surface area contributed by atoms with E-state index in [2.05, 4.69) is 29.8 Å². The van der Waals surface area contributed by atoms with E-state index < -0.39 is 0 Å². The van der Waals surface area contributed by atoms with Crippen LogP contribution in [-0.2, 0) is 11.3 Å². The van der Waals surface area contributed by atoms with Crippen molar-refractivity contribution in [3.63, 3.8) is 0 Å². The maximum absolute atomic E-state index is 13.1. The number of fused-ring (bicyclic) bond motifs is 1. The summed E-state index contributed by atoms with van der Waals surface area (Å²) in [6.07, 6.45) is 9.62. The molecule has 9 nitrogen and oxygen atoms in total. The molecule has 1 aliphatic carbocycles. The number of rotatable bonds is 7. The lowest BCUT2D eigenvalue weighted by Crippen LogP contribution is -2.16. The summed E-state index contributed by atoms with van der Waals surface area (Å²) in [5.41, 5.74) is 11.1. The molecule has 0 spiro atoms. The van der Waals surface area contributed by atoms with Crippen LogP contribution in [0.5, 0.6) is 5.75 Å². The standard InChI is InChI=1S/C29H27N7O2/c1-17-7-8-31-12-23(17)25-9-19-10-27(33-13-24(19)28(30)34-25)35-29(37)22-11-21(22)26-14-32-16-36(26)15-18-3-5-20(38-2)6-4-18/h3-10,12-14,16,21-22H,11,15H2,1-2H3,(H2,30,34)(H,33,35,37). The first-order valence-corrected chi connectivity index (χ1v) is 12.4. The van der Waals surface area contributed by atoms with Crippen LogP contribution in [-0.4, -0.2) is 37.5 Å². The van der Waals surface area contributed by atoms with Gasteiger partial charge in [0.15, 0.2) is 0 Å². The Morgan fingerprint density at radius 2 is 1.97 bits per heavy atom. The summed E-state index contributed by atoms with van der Waals surface area (Å²) in [5, 5.41) is 4.58. The minimum atomic E-state index is -0.130. The number of carbonyl (C=O) groups excluding carboxylic acids is 1. The maximum Gasteiger partial charge on any atom is 0.229 e. The van der Waals surface area contributed by atoms with Crippen LogP contribution in [0.15, 0.2) is 73.6 Å². The van der Waals surface area contributed by atoms with Crippen LogP contribution in [0.3, 0.4) is 0 Å². The quantitative estimate of drug-likeness (QED) is 0.332. The van der Waals surface area contributed by atoms with Crippen LogP contribution in [0.1, 0.15) is 29.2 Å². The van der Waals surface area contributed by atoms with E-state index in [9.17, 15) is 4.79 Å². The minimum absolute atomic E-state index is 0.0515. The second kappa shape index (κ2) is 9.59. The molecular weight excluding hydrogens is 478 g/mol. The summed E-state index contributed by atoms with van der Waals surface area (Å²) in [4.78, 5) is 30.6. The van der Waals surface area contributed by atoms with E-state index in [1.165, 1.54) is 0 Å². The number of nitrogens with two attached hydrogens (primary N) is 1. The fraction of sp³-hybridized carbons (Fsp3) is 0.207. The second-order valence-electron chi connectivity index (χ2n) is 9.61. The number of carbonyl (C=O) groups is 1. The number of aryl methyl sites for hydroxylation is 1. The van der Waals surface area contributed by atoms with Crippen LogP contribution in [0.25, 0.3) is 22.0 Å². The minimum Gasteiger partial charge on any atom is -0.497 e. The van der Waals surface area contributed by atoms with Gasteiger partial charge >= 0.3 is 0 Å². The lowest BCUT2D eigenvalue weighted by Gasteiger charge is -2.11. The summed E-state index contributed by atoms with van der Waals surface area (Å²) >= 11 is 0. The predicted octanol–water partition coefficient (Wildman–Crippen LogP) is 4.58. The summed E-state index contributed by atoms with van der Waals surface area (Å²) in [6.45, 7) is 2.69. The van der Waals surface area contributed by atoms with Gasteiger partial charge in [-0.05, 0) is 60.2 Å². The first kappa shape index (κ1) is 23.6. The van der Waals surface area contributed by atoms with E-state index in [0.29, 0.717) is 18.2 Å². The highest BCUT2D eigenvalue weighted by Gasteiger charge is 2.45. The number of nitrogens with one attached hydrogen (secondary N) is 1. The van der Waals surface area contributed by atoms with Gasteiger partial charge in [0, 0.05) is 59.8 Å². The number of amides is 1. The maximum atomic E-state index is 13.1. The van der Waals surface area contributed by atoms with Gasteiger partial charge in [-0.15, -0.1) is 0 Å². The zero-order chi connectivity index (χ0) is 26.2. The second-order valence-corrected chi connectivity index (χ2v) is 9.61. The molecule has 4 aromatic heterocycles. The van der Waals surface area contributed by atoms with Gasteiger partial charge in [0.2, 0.25) is 5.91 Å². The molecule has 1 aliphatic rings. The Morgan fingerprint density at radius 3 is 2.76 bits per heavy atom. The van der Waals surface area contributed by atoms with Crippen molar-refractivity contribution in [3.05, 3.63) is 90.4 Å². The zero-order valence-corrected chi connectivity index (χ0v) is 21.1. The highest BCUT2D eigenvalue weighted by atomic mass is 16.5. The number of pyridine rings is 3. The molecule has 3 N–H and O–H groups in total. The van der Waals surface area contributed by atoms with Crippen molar-refractivity contribution in [1.82, 2.24) is 24.5 Å². The van der Waals surface area contributed by atoms with Crippen molar-refractivity contribution in [2.24, 2.45) is 5.92 Å². The van der Waals surface area contributed by atoms with Gasteiger partial charge in [-0.1, -0.05) is 12.1 Å². The van der Waals surface area contributed by atoms with Crippen molar-refractivity contribution in [1.29, 1.82) is 0 Å². The Bertz CT molecular complexity index is 1650. The molecule has 0 bridgehead atoms. The molecule has 1 fully saturated rings. The first-order chi connectivity index (χ1) is 18.5. The van der Waals surface area contributed by atoms with Crippen molar-refractivity contribution in [2.75, 3.05) is 18.2 Å². The van der Waals surface area contributed by atoms with E-state index >= 15 is 0 Å². The number of methoxy groups -OCH3 is 1. The van der Waals surface area contributed by atoms with Crippen LogP contribution in [0.4, 0.5) is 11.6 Å². The van der Waals surface area contributed by atoms with Gasteiger partial charge in [0.05, 0.1) is 19.1 Å². The van der Waals surface area contributed by atoms with Crippen molar-refractivity contribution in [3.8, 4) is 17.0 Å². The predicted molar refractivity (Wildman–Crippen MR) is 146 cm³/mol. The molecule has 1 aromatic carbocycles. The molecule has 9 heteroatoms. The Morgan fingerprint density at radius 1 is 1.13 bits per heavy atom. The molecular formula is C29H27N7O2. The molecule has 1 amide bonds. The molecule has 0 saturated heterocycles. The highest BCUT2D eigenvalue weighted by Crippen LogP contribution is 2.48. The highest BCUT2D eigenvalue weighted by molar-refractivity contribution is 5.98. The number of hydrogen-bond donors (Lipinski definition) is 2. The first-order valence-electron chi connectivity index (χ1n) is 12.4. The Hall–Kier alpha value is -4.79. The number of hydrogen-bond acceptors (Lipinski definition) is 7. The molecule has 1 saturated carbocycles. The summed E-state index contributed by atoms with van der Waals surface area (Å²) in [5.74, 6) is 1.64. The number of imidazole rings is 1. The zero-order valence-electron chi connectivity index (χ0n) is 21.1. The third-order valence-corrected chi connectivity index (χ3v) is 7.07. The fourth-order valence-electron chi connectivity index (χ4n) is 4.84. The average molecular weight is 506 g/mol. The number of aromatic nitrogens is 5. The molecule has 4 heterocycles.